The fraction of sp³-hybridized carbons (Fsp3) is 0.522. The summed E-state index contributed by atoms with van der Waals surface area (Å²) in [6.07, 6.45) is 8.05. The fourth-order valence-corrected chi connectivity index (χ4v) is 4.32. The smallest absolute Gasteiger partial charge is 0.225 e. The first-order valence-corrected chi connectivity index (χ1v) is 11.0. The van der Waals surface area contributed by atoms with E-state index in [1.54, 1.807) is 6.20 Å². The van der Waals surface area contributed by atoms with Crippen molar-refractivity contribution >= 4 is 22.7 Å². The van der Waals surface area contributed by atoms with E-state index in [4.69, 9.17) is 14.4 Å². The molecule has 0 aromatic carbocycles. The number of aliphatic hydroxyl groups excluding tert-OH is 1. The lowest BCUT2D eigenvalue weighted by Gasteiger charge is -2.18. The summed E-state index contributed by atoms with van der Waals surface area (Å²) in [5.41, 5.74) is 3.60. The molecule has 0 saturated heterocycles. The standard InChI is InChI=1S/C23H29N5O2/c1-3-16-9-15-10-19(30-20(15)11-24-16)21-13(2)25-23(27-17-6-7-17)28-22(21)26-18-5-4-14(8-18)12-29/h9-11,14,17-18,29H,3-8,12H2,1-2H3,(H2,25,26,27,28)/t14-,18+/m1/s1. The normalized spacial score (nSPS) is 21.3. The number of hydrogen-bond donors (Lipinski definition) is 3. The van der Waals surface area contributed by atoms with Crippen molar-refractivity contribution < 1.29 is 9.52 Å². The molecule has 158 valence electrons. The Kier molecular flexibility index (Phi) is 5.06. The molecule has 3 heterocycles. The second-order valence-electron chi connectivity index (χ2n) is 8.66. The van der Waals surface area contributed by atoms with E-state index in [9.17, 15) is 5.11 Å². The maximum atomic E-state index is 9.52. The van der Waals surface area contributed by atoms with Crippen LogP contribution in [0.4, 0.5) is 11.8 Å². The van der Waals surface area contributed by atoms with Crippen LogP contribution < -0.4 is 10.6 Å². The van der Waals surface area contributed by atoms with E-state index < -0.39 is 0 Å². The van der Waals surface area contributed by atoms with Crippen LogP contribution in [0, 0.1) is 12.8 Å². The van der Waals surface area contributed by atoms with Crippen molar-refractivity contribution in [1.29, 1.82) is 0 Å². The van der Waals surface area contributed by atoms with Gasteiger partial charge in [0, 0.05) is 29.8 Å². The SMILES string of the molecule is CCc1cc2cc(-c3c(C)nc(NC4CC4)nc3N[C@H]3CC[C@@H](CO)C3)oc2cn1. The predicted molar refractivity (Wildman–Crippen MR) is 118 cm³/mol. The Morgan fingerprint density at radius 3 is 2.67 bits per heavy atom. The van der Waals surface area contributed by atoms with Gasteiger partial charge in [0.2, 0.25) is 5.95 Å². The number of rotatable bonds is 7. The summed E-state index contributed by atoms with van der Waals surface area (Å²) in [4.78, 5) is 14.0. The molecule has 3 N–H and O–H groups in total. The van der Waals surface area contributed by atoms with Crippen molar-refractivity contribution in [3.05, 3.63) is 29.7 Å². The second-order valence-corrected chi connectivity index (χ2v) is 8.66. The third-order valence-electron chi connectivity index (χ3n) is 6.21. The molecule has 2 atom stereocenters. The number of aromatic nitrogens is 3. The first-order chi connectivity index (χ1) is 14.6. The third-order valence-corrected chi connectivity index (χ3v) is 6.21. The minimum atomic E-state index is 0.249. The van der Waals surface area contributed by atoms with E-state index >= 15 is 0 Å². The molecule has 2 aliphatic rings. The predicted octanol–water partition coefficient (Wildman–Crippen LogP) is 4.30. The van der Waals surface area contributed by atoms with Gasteiger partial charge in [0.25, 0.3) is 0 Å². The summed E-state index contributed by atoms with van der Waals surface area (Å²) >= 11 is 0. The topological polar surface area (TPSA) is 96.1 Å². The number of nitrogens with zero attached hydrogens (tertiary/aromatic N) is 3. The number of aliphatic hydroxyl groups is 1. The minimum absolute atomic E-state index is 0.249. The Hall–Kier alpha value is -2.67. The van der Waals surface area contributed by atoms with E-state index in [0.717, 1.165) is 65.2 Å². The van der Waals surface area contributed by atoms with Gasteiger partial charge in [-0.05, 0) is 63.5 Å². The average Bonchev–Trinajstić information content (AvgIpc) is 3.27. The van der Waals surface area contributed by atoms with Gasteiger partial charge in [-0.25, -0.2) is 4.98 Å². The van der Waals surface area contributed by atoms with Crippen molar-refractivity contribution in [3.63, 3.8) is 0 Å². The summed E-state index contributed by atoms with van der Waals surface area (Å²) in [7, 11) is 0. The van der Waals surface area contributed by atoms with Crippen LogP contribution in [-0.4, -0.2) is 38.7 Å². The zero-order valence-corrected chi connectivity index (χ0v) is 17.6. The lowest BCUT2D eigenvalue weighted by atomic mass is 10.1. The summed E-state index contributed by atoms with van der Waals surface area (Å²) in [5.74, 6) is 2.60. The number of fused-ring (bicyclic) bond motifs is 1. The molecule has 3 aromatic rings. The highest BCUT2D eigenvalue weighted by molar-refractivity contribution is 5.86. The molecule has 7 heteroatoms. The molecule has 7 nitrogen and oxygen atoms in total. The molecule has 0 unspecified atom stereocenters. The lowest BCUT2D eigenvalue weighted by molar-refractivity contribution is 0.229. The van der Waals surface area contributed by atoms with Crippen molar-refractivity contribution in [2.75, 3.05) is 17.2 Å². The van der Waals surface area contributed by atoms with Crippen LogP contribution in [0.1, 0.15) is 50.4 Å². The molecule has 3 aromatic heterocycles. The molecule has 0 bridgehead atoms. The zero-order valence-electron chi connectivity index (χ0n) is 17.6. The highest BCUT2D eigenvalue weighted by atomic mass is 16.3. The lowest BCUT2D eigenvalue weighted by Crippen LogP contribution is -2.19. The molecular formula is C23H29N5O2. The maximum absolute atomic E-state index is 9.52. The summed E-state index contributed by atoms with van der Waals surface area (Å²) in [5, 5.41) is 17.6. The van der Waals surface area contributed by atoms with E-state index in [1.165, 1.54) is 12.8 Å². The van der Waals surface area contributed by atoms with E-state index in [0.29, 0.717) is 23.9 Å². The minimum Gasteiger partial charge on any atom is -0.454 e. The summed E-state index contributed by atoms with van der Waals surface area (Å²) in [6.45, 7) is 4.36. The first-order valence-electron chi connectivity index (χ1n) is 11.0. The van der Waals surface area contributed by atoms with Crippen LogP contribution in [0.2, 0.25) is 0 Å². The van der Waals surface area contributed by atoms with Gasteiger partial charge in [0.15, 0.2) is 5.58 Å². The highest BCUT2D eigenvalue weighted by Gasteiger charge is 2.28. The maximum Gasteiger partial charge on any atom is 0.225 e. The molecule has 0 aliphatic heterocycles. The zero-order chi connectivity index (χ0) is 20.7. The van der Waals surface area contributed by atoms with Gasteiger partial charge in [-0.1, -0.05) is 6.92 Å². The van der Waals surface area contributed by atoms with Gasteiger partial charge in [-0.3, -0.25) is 4.98 Å². The molecular weight excluding hydrogens is 378 g/mol. The average molecular weight is 408 g/mol. The molecule has 30 heavy (non-hydrogen) atoms. The second kappa shape index (κ2) is 7.87. The Morgan fingerprint density at radius 2 is 1.93 bits per heavy atom. The highest BCUT2D eigenvalue weighted by Crippen LogP contribution is 2.37. The van der Waals surface area contributed by atoms with E-state index in [-0.39, 0.29) is 6.61 Å². The van der Waals surface area contributed by atoms with Gasteiger partial charge in [0.05, 0.1) is 17.5 Å². The van der Waals surface area contributed by atoms with Crippen LogP contribution in [0.25, 0.3) is 22.3 Å². The monoisotopic (exact) mass is 407 g/mol. The molecule has 2 fully saturated rings. The molecule has 0 radical (unpaired) electrons. The van der Waals surface area contributed by atoms with Gasteiger partial charge in [-0.2, -0.15) is 4.98 Å². The fourth-order valence-electron chi connectivity index (χ4n) is 4.32. The van der Waals surface area contributed by atoms with E-state index in [1.807, 2.05) is 6.92 Å². The molecule has 5 rings (SSSR count). The number of hydrogen-bond acceptors (Lipinski definition) is 7. The Bertz CT molecular complexity index is 1060. The van der Waals surface area contributed by atoms with Crippen LogP contribution in [0.3, 0.4) is 0 Å². The van der Waals surface area contributed by atoms with Gasteiger partial charge in [0.1, 0.15) is 11.6 Å². The Balaban J connectivity index is 1.53. The number of nitrogens with one attached hydrogen (secondary N) is 2. The number of pyridine rings is 1. The number of anilines is 2. The van der Waals surface area contributed by atoms with Crippen LogP contribution in [0.5, 0.6) is 0 Å². The van der Waals surface area contributed by atoms with Gasteiger partial charge < -0.3 is 20.2 Å². The van der Waals surface area contributed by atoms with Crippen molar-refractivity contribution in [2.24, 2.45) is 5.92 Å². The van der Waals surface area contributed by atoms with Crippen molar-refractivity contribution in [3.8, 4) is 11.3 Å². The van der Waals surface area contributed by atoms with Crippen LogP contribution in [0.15, 0.2) is 22.7 Å². The van der Waals surface area contributed by atoms with Crippen molar-refractivity contribution in [2.45, 2.75) is 64.5 Å². The number of furan rings is 1. The largest absolute Gasteiger partial charge is 0.454 e. The summed E-state index contributed by atoms with van der Waals surface area (Å²) in [6, 6.07) is 4.92. The van der Waals surface area contributed by atoms with Gasteiger partial charge >= 0.3 is 0 Å². The van der Waals surface area contributed by atoms with Crippen LogP contribution >= 0.6 is 0 Å². The Labute approximate surface area is 176 Å². The quantitative estimate of drug-likeness (QED) is 0.537. The molecule has 0 amide bonds. The third kappa shape index (κ3) is 3.86. The molecule has 2 saturated carbocycles. The Morgan fingerprint density at radius 1 is 1.10 bits per heavy atom. The van der Waals surface area contributed by atoms with E-state index in [2.05, 4.69) is 34.7 Å². The van der Waals surface area contributed by atoms with Gasteiger partial charge in [-0.15, -0.1) is 0 Å². The molecule has 2 aliphatic carbocycles. The van der Waals surface area contributed by atoms with Crippen molar-refractivity contribution in [1.82, 2.24) is 15.0 Å². The first kappa shape index (κ1) is 19.3. The van der Waals surface area contributed by atoms with Crippen LogP contribution in [-0.2, 0) is 6.42 Å². The number of aryl methyl sites for hydroxylation is 2. The molecule has 0 spiro atoms. The summed E-state index contributed by atoms with van der Waals surface area (Å²) < 4.78 is 6.17.